The van der Waals surface area contributed by atoms with E-state index < -0.39 is 5.97 Å². The van der Waals surface area contributed by atoms with Gasteiger partial charge in [-0.15, -0.1) is 6.42 Å². The molecule has 0 aromatic rings. The summed E-state index contributed by atoms with van der Waals surface area (Å²) in [7, 11) is 0. The fourth-order valence-corrected chi connectivity index (χ4v) is 1.81. The Labute approximate surface area is 108 Å². The number of aliphatic carboxylic acids is 1. The van der Waals surface area contributed by atoms with Gasteiger partial charge in [0.1, 0.15) is 6.54 Å². The van der Waals surface area contributed by atoms with E-state index in [9.17, 15) is 9.59 Å². The second kappa shape index (κ2) is 6.90. The lowest BCUT2D eigenvalue weighted by Crippen LogP contribution is -2.46. The van der Waals surface area contributed by atoms with Crippen molar-refractivity contribution >= 4 is 12.0 Å². The number of terminal acetylenes is 1. The van der Waals surface area contributed by atoms with E-state index in [0.717, 1.165) is 19.3 Å². The molecular weight excluding hydrogens is 232 g/mol. The van der Waals surface area contributed by atoms with Gasteiger partial charge in [0.2, 0.25) is 0 Å². The van der Waals surface area contributed by atoms with E-state index in [1.165, 1.54) is 4.90 Å². The molecule has 0 spiro atoms. The molecular formula is C13H20N2O3. The van der Waals surface area contributed by atoms with Crippen LogP contribution in [-0.4, -0.2) is 53.1 Å². The Balaban J connectivity index is 2.63. The third-order valence-electron chi connectivity index (χ3n) is 2.82. The fraction of sp³-hybridized carbons (Fsp3) is 0.692. The molecule has 1 fully saturated rings. The molecule has 0 saturated heterocycles. The third kappa shape index (κ3) is 4.66. The third-order valence-corrected chi connectivity index (χ3v) is 2.82. The zero-order valence-corrected chi connectivity index (χ0v) is 10.8. The fourth-order valence-electron chi connectivity index (χ4n) is 1.81. The molecule has 5 heteroatoms. The van der Waals surface area contributed by atoms with Crippen LogP contribution in [0.3, 0.4) is 0 Å². The number of amides is 2. The Morgan fingerprint density at radius 2 is 2.06 bits per heavy atom. The number of carbonyl (C=O) groups is 2. The summed E-state index contributed by atoms with van der Waals surface area (Å²) in [6, 6.07) is -0.260. The van der Waals surface area contributed by atoms with E-state index in [2.05, 4.69) is 5.92 Å². The first-order valence-corrected chi connectivity index (χ1v) is 6.27. The van der Waals surface area contributed by atoms with Gasteiger partial charge in [-0.3, -0.25) is 4.79 Å². The maximum atomic E-state index is 12.2. The Hall–Kier alpha value is -1.70. The van der Waals surface area contributed by atoms with Gasteiger partial charge in [0, 0.05) is 13.1 Å². The standard InChI is InChI=1S/C13H20N2O3/c1-3-7-14(9-11-5-6-11)13(18)15(8-4-2)10-12(16)17/h1,11H,4-10H2,2H3,(H,16,17). The molecule has 0 atom stereocenters. The highest BCUT2D eigenvalue weighted by Gasteiger charge is 2.29. The maximum absolute atomic E-state index is 12.2. The summed E-state index contributed by atoms with van der Waals surface area (Å²) < 4.78 is 0. The van der Waals surface area contributed by atoms with E-state index in [0.29, 0.717) is 19.0 Å². The Morgan fingerprint density at radius 1 is 1.39 bits per heavy atom. The topological polar surface area (TPSA) is 60.9 Å². The van der Waals surface area contributed by atoms with Crippen LogP contribution in [0.5, 0.6) is 0 Å². The van der Waals surface area contributed by atoms with Crippen molar-refractivity contribution in [1.29, 1.82) is 0 Å². The van der Waals surface area contributed by atoms with Gasteiger partial charge in [-0.05, 0) is 25.2 Å². The monoisotopic (exact) mass is 252 g/mol. The molecule has 1 rings (SSSR count). The number of carboxylic acids is 1. The highest BCUT2D eigenvalue weighted by molar-refractivity contribution is 5.80. The molecule has 1 N–H and O–H groups in total. The summed E-state index contributed by atoms with van der Waals surface area (Å²) in [4.78, 5) is 25.9. The Morgan fingerprint density at radius 3 is 2.50 bits per heavy atom. The molecule has 1 aliphatic rings. The number of carbonyl (C=O) groups excluding carboxylic acids is 1. The average Bonchev–Trinajstić information content (AvgIpc) is 3.10. The van der Waals surface area contributed by atoms with E-state index in [-0.39, 0.29) is 19.1 Å². The predicted octanol–water partition coefficient (Wildman–Crippen LogP) is 1.25. The van der Waals surface area contributed by atoms with Crippen molar-refractivity contribution in [2.75, 3.05) is 26.2 Å². The number of nitrogens with zero attached hydrogens (tertiary/aromatic N) is 2. The van der Waals surface area contributed by atoms with Crippen molar-refractivity contribution in [1.82, 2.24) is 9.80 Å². The minimum Gasteiger partial charge on any atom is -0.480 e. The minimum absolute atomic E-state index is 0.245. The lowest BCUT2D eigenvalue weighted by molar-refractivity contribution is -0.137. The zero-order valence-electron chi connectivity index (χ0n) is 10.8. The lowest BCUT2D eigenvalue weighted by atomic mass is 10.3. The summed E-state index contributed by atoms with van der Waals surface area (Å²) >= 11 is 0. The molecule has 100 valence electrons. The molecule has 5 nitrogen and oxygen atoms in total. The van der Waals surface area contributed by atoms with Gasteiger partial charge in [-0.2, -0.15) is 0 Å². The van der Waals surface area contributed by atoms with E-state index in [1.807, 2.05) is 6.92 Å². The van der Waals surface area contributed by atoms with E-state index in [1.54, 1.807) is 4.90 Å². The van der Waals surface area contributed by atoms with Crippen molar-refractivity contribution in [3.63, 3.8) is 0 Å². The molecule has 2 amide bonds. The predicted molar refractivity (Wildman–Crippen MR) is 68.0 cm³/mol. The number of hydrogen-bond acceptors (Lipinski definition) is 2. The zero-order chi connectivity index (χ0) is 13.5. The van der Waals surface area contributed by atoms with Crippen LogP contribution >= 0.6 is 0 Å². The first-order valence-electron chi connectivity index (χ1n) is 6.27. The molecule has 18 heavy (non-hydrogen) atoms. The summed E-state index contributed by atoms with van der Waals surface area (Å²) in [5, 5.41) is 8.81. The van der Waals surface area contributed by atoms with Crippen LogP contribution in [0.1, 0.15) is 26.2 Å². The van der Waals surface area contributed by atoms with Crippen LogP contribution < -0.4 is 0 Å². The molecule has 0 heterocycles. The van der Waals surface area contributed by atoms with Crippen LogP contribution in [0, 0.1) is 18.3 Å². The Bertz CT molecular complexity index is 345. The molecule has 0 aromatic carbocycles. The SMILES string of the molecule is C#CCN(CC1CC1)C(=O)N(CCC)CC(=O)O. The number of rotatable bonds is 7. The molecule has 0 aliphatic heterocycles. The minimum atomic E-state index is -0.996. The first-order chi connectivity index (χ1) is 8.58. The summed E-state index contributed by atoms with van der Waals surface area (Å²) in [5.74, 6) is 2.00. The highest BCUT2D eigenvalue weighted by Crippen LogP contribution is 2.29. The van der Waals surface area contributed by atoms with Crippen LogP contribution in [0.4, 0.5) is 4.79 Å². The van der Waals surface area contributed by atoms with E-state index >= 15 is 0 Å². The quantitative estimate of drug-likeness (QED) is 0.694. The second-order valence-corrected chi connectivity index (χ2v) is 4.63. The number of hydrogen-bond donors (Lipinski definition) is 1. The smallest absolute Gasteiger partial charge is 0.323 e. The molecule has 1 saturated carbocycles. The van der Waals surface area contributed by atoms with Crippen LogP contribution in [0.15, 0.2) is 0 Å². The molecule has 0 unspecified atom stereocenters. The van der Waals surface area contributed by atoms with Crippen molar-refractivity contribution in [2.45, 2.75) is 26.2 Å². The first kappa shape index (κ1) is 14.4. The number of urea groups is 1. The van der Waals surface area contributed by atoms with Crippen molar-refractivity contribution in [3.8, 4) is 12.3 Å². The van der Waals surface area contributed by atoms with Gasteiger partial charge >= 0.3 is 12.0 Å². The highest BCUT2D eigenvalue weighted by atomic mass is 16.4. The normalized spacial score (nSPS) is 13.8. The average molecular weight is 252 g/mol. The van der Waals surface area contributed by atoms with Crippen molar-refractivity contribution in [3.05, 3.63) is 0 Å². The summed E-state index contributed by atoms with van der Waals surface area (Å²) in [6.45, 7) is 2.97. The van der Waals surface area contributed by atoms with Crippen LogP contribution in [-0.2, 0) is 4.79 Å². The number of carboxylic acid groups (broad SMARTS) is 1. The van der Waals surface area contributed by atoms with Gasteiger partial charge in [-0.1, -0.05) is 12.8 Å². The van der Waals surface area contributed by atoms with Gasteiger partial charge in [0.15, 0.2) is 0 Å². The summed E-state index contributed by atoms with van der Waals surface area (Å²) in [6.07, 6.45) is 8.24. The largest absolute Gasteiger partial charge is 0.480 e. The van der Waals surface area contributed by atoms with Crippen molar-refractivity contribution < 1.29 is 14.7 Å². The lowest BCUT2D eigenvalue weighted by Gasteiger charge is -2.28. The van der Waals surface area contributed by atoms with E-state index in [4.69, 9.17) is 11.5 Å². The van der Waals surface area contributed by atoms with Crippen LogP contribution in [0.25, 0.3) is 0 Å². The van der Waals surface area contributed by atoms with Gasteiger partial charge in [0.05, 0.1) is 6.54 Å². The second-order valence-electron chi connectivity index (χ2n) is 4.63. The van der Waals surface area contributed by atoms with Crippen LogP contribution in [0.2, 0.25) is 0 Å². The van der Waals surface area contributed by atoms with Gasteiger partial charge < -0.3 is 14.9 Å². The van der Waals surface area contributed by atoms with Crippen molar-refractivity contribution in [2.24, 2.45) is 5.92 Å². The Kier molecular flexibility index (Phi) is 5.50. The molecule has 0 radical (unpaired) electrons. The molecule has 0 aromatic heterocycles. The summed E-state index contributed by atoms with van der Waals surface area (Å²) in [5.41, 5.74) is 0. The van der Waals surface area contributed by atoms with Gasteiger partial charge in [-0.25, -0.2) is 4.79 Å². The molecule has 0 bridgehead atoms. The maximum Gasteiger partial charge on any atom is 0.323 e. The molecule has 1 aliphatic carbocycles. The van der Waals surface area contributed by atoms with Gasteiger partial charge in [0.25, 0.3) is 0 Å².